The summed E-state index contributed by atoms with van der Waals surface area (Å²) in [5, 5.41) is 3.80. The van der Waals surface area contributed by atoms with Gasteiger partial charge in [0.15, 0.2) is 8.32 Å². The predicted octanol–water partition coefficient (Wildman–Crippen LogP) is 4.89. The van der Waals surface area contributed by atoms with Crippen LogP contribution in [-0.2, 0) is 4.43 Å². The zero-order valence-electron chi connectivity index (χ0n) is 18.6. The number of nitrogens with one attached hydrogen (secondary N) is 1. The van der Waals surface area contributed by atoms with Crippen molar-refractivity contribution >= 4 is 35.3 Å². The van der Waals surface area contributed by atoms with Crippen LogP contribution in [0.1, 0.15) is 49.9 Å². The number of likely N-dealkylation sites (N-methyl/N-ethyl adjacent to an activating group) is 1. The molecule has 2 rings (SSSR count). The number of aryl methyl sites for hydroxylation is 2. The molecule has 1 saturated heterocycles. The zero-order valence-corrected chi connectivity index (χ0v) is 21.6. The molecule has 158 valence electrons. The lowest BCUT2D eigenvalue weighted by Crippen LogP contribution is -2.44. The van der Waals surface area contributed by atoms with Crippen LogP contribution < -0.4 is 5.32 Å². The standard InChI is InChI=1S/C21H38N2OSi.2H2S/c1-16-11-17(2)13-18(12-16)20(22-6)15-23-10-9-19(14-23)24-25(7,8)21(3,4)5;;/h11-13,19-20,22H,9-10,14-15H2,1-8H3;2*1H2/t19-,20?;;/m0../s1. The van der Waals surface area contributed by atoms with Gasteiger partial charge in [-0.05, 0) is 51.0 Å². The first-order valence-corrected chi connectivity index (χ1v) is 12.6. The van der Waals surface area contributed by atoms with Gasteiger partial charge in [0.25, 0.3) is 0 Å². The highest BCUT2D eigenvalue weighted by atomic mass is 32.1. The molecule has 1 unspecified atom stereocenters. The van der Waals surface area contributed by atoms with Gasteiger partial charge >= 0.3 is 0 Å². The average molecular weight is 431 g/mol. The molecule has 0 aliphatic carbocycles. The van der Waals surface area contributed by atoms with Crippen LogP contribution in [0.25, 0.3) is 0 Å². The number of benzene rings is 1. The van der Waals surface area contributed by atoms with Gasteiger partial charge in [-0.2, -0.15) is 27.0 Å². The van der Waals surface area contributed by atoms with Crippen LogP contribution in [0.2, 0.25) is 18.1 Å². The number of likely N-dealkylation sites (tertiary alicyclic amines) is 1. The molecule has 1 fully saturated rings. The third-order valence-electron chi connectivity index (χ3n) is 5.93. The fraction of sp³-hybridized carbons (Fsp3) is 0.714. The molecule has 1 N–H and O–H groups in total. The van der Waals surface area contributed by atoms with Gasteiger partial charge in [0.1, 0.15) is 0 Å². The van der Waals surface area contributed by atoms with Gasteiger partial charge in [-0.15, -0.1) is 0 Å². The third kappa shape index (κ3) is 7.41. The average Bonchev–Trinajstić information content (AvgIpc) is 2.89. The van der Waals surface area contributed by atoms with Crippen LogP contribution in [0.4, 0.5) is 0 Å². The summed E-state index contributed by atoms with van der Waals surface area (Å²) in [7, 11) is 0.403. The number of hydrogen-bond donors (Lipinski definition) is 1. The molecule has 0 amide bonds. The van der Waals surface area contributed by atoms with Crippen LogP contribution in [-0.4, -0.2) is 46.0 Å². The van der Waals surface area contributed by atoms with Gasteiger partial charge in [-0.3, -0.25) is 4.90 Å². The first-order valence-electron chi connectivity index (χ1n) is 9.67. The Morgan fingerprint density at radius 1 is 1.15 bits per heavy atom. The van der Waals surface area contributed by atoms with Crippen molar-refractivity contribution in [2.75, 3.05) is 26.7 Å². The number of rotatable bonds is 6. The van der Waals surface area contributed by atoms with Crippen molar-refractivity contribution in [1.29, 1.82) is 0 Å². The second kappa shape index (κ2) is 10.7. The Labute approximate surface area is 182 Å². The van der Waals surface area contributed by atoms with Crippen LogP contribution in [0, 0.1) is 13.8 Å². The zero-order chi connectivity index (χ0) is 18.8. The summed E-state index contributed by atoms with van der Waals surface area (Å²) in [6.45, 7) is 19.3. The third-order valence-corrected chi connectivity index (χ3v) is 10.5. The Balaban J connectivity index is 0.00000338. The molecule has 1 heterocycles. The van der Waals surface area contributed by atoms with E-state index >= 15 is 0 Å². The Bertz CT molecular complexity index is 570. The van der Waals surface area contributed by atoms with E-state index < -0.39 is 8.32 Å². The van der Waals surface area contributed by atoms with Crippen molar-refractivity contribution in [1.82, 2.24) is 10.2 Å². The molecule has 0 aromatic heterocycles. The normalized spacial score (nSPS) is 19.3. The molecule has 0 spiro atoms. The van der Waals surface area contributed by atoms with Crippen LogP contribution >= 0.6 is 27.0 Å². The SMILES string of the molecule is CNC(CN1CC[C@H](O[Si](C)(C)C(C)(C)C)C1)c1cc(C)cc(C)c1.S.S. The Hall–Kier alpha value is 0.0169. The molecule has 0 radical (unpaired) electrons. The maximum Gasteiger partial charge on any atom is 0.192 e. The molecule has 2 atom stereocenters. The summed E-state index contributed by atoms with van der Waals surface area (Å²) in [4.78, 5) is 2.57. The summed E-state index contributed by atoms with van der Waals surface area (Å²) >= 11 is 0. The fourth-order valence-electron chi connectivity index (χ4n) is 3.49. The molecular formula is C21H42N2OS2Si. The van der Waals surface area contributed by atoms with Gasteiger partial charge in [0.05, 0.1) is 6.10 Å². The van der Waals surface area contributed by atoms with E-state index in [1.807, 2.05) is 0 Å². The minimum Gasteiger partial charge on any atom is -0.413 e. The molecule has 1 aromatic carbocycles. The van der Waals surface area contributed by atoms with E-state index in [9.17, 15) is 0 Å². The van der Waals surface area contributed by atoms with E-state index in [2.05, 4.69) is 83.2 Å². The molecule has 1 aliphatic heterocycles. The van der Waals surface area contributed by atoms with E-state index in [0.717, 1.165) is 26.1 Å². The quantitative estimate of drug-likeness (QED) is 0.651. The first kappa shape index (κ1) is 27.0. The van der Waals surface area contributed by atoms with Gasteiger partial charge in [0, 0.05) is 25.7 Å². The number of hydrogen-bond acceptors (Lipinski definition) is 3. The van der Waals surface area contributed by atoms with E-state index in [1.54, 1.807) is 0 Å². The largest absolute Gasteiger partial charge is 0.413 e. The van der Waals surface area contributed by atoms with Crippen molar-refractivity contribution < 1.29 is 4.43 Å². The molecule has 0 bridgehead atoms. The summed E-state index contributed by atoms with van der Waals surface area (Å²) in [6.07, 6.45) is 1.56. The Kier molecular flexibility index (Phi) is 10.7. The minimum absolute atomic E-state index is 0. The highest BCUT2D eigenvalue weighted by Crippen LogP contribution is 2.38. The van der Waals surface area contributed by atoms with Crippen molar-refractivity contribution in [3.8, 4) is 0 Å². The van der Waals surface area contributed by atoms with Crippen molar-refractivity contribution in [2.24, 2.45) is 0 Å². The van der Waals surface area contributed by atoms with Crippen molar-refractivity contribution in [3.05, 3.63) is 34.9 Å². The summed E-state index contributed by atoms with van der Waals surface area (Å²) < 4.78 is 6.63. The molecule has 1 aliphatic rings. The molecule has 6 heteroatoms. The highest BCUT2D eigenvalue weighted by Gasteiger charge is 2.40. The van der Waals surface area contributed by atoms with Gasteiger partial charge < -0.3 is 9.74 Å². The Morgan fingerprint density at radius 2 is 1.70 bits per heavy atom. The maximum atomic E-state index is 6.63. The van der Waals surface area contributed by atoms with E-state index in [1.165, 1.54) is 16.7 Å². The lowest BCUT2D eigenvalue weighted by atomic mass is 10.0. The summed E-state index contributed by atoms with van der Waals surface area (Å²) in [6, 6.07) is 7.25. The molecule has 0 saturated carbocycles. The lowest BCUT2D eigenvalue weighted by molar-refractivity contribution is 0.177. The van der Waals surface area contributed by atoms with Gasteiger partial charge in [-0.1, -0.05) is 50.1 Å². The van der Waals surface area contributed by atoms with E-state index in [0.29, 0.717) is 12.1 Å². The van der Waals surface area contributed by atoms with Crippen LogP contribution in [0.15, 0.2) is 18.2 Å². The fourth-order valence-corrected chi connectivity index (χ4v) is 4.86. The van der Waals surface area contributed by atoms with Crippen LogP contribution in [0.3, 0.4) is 0 Å². The van der Waals surface area contributed by atoms with E-state index in [-0.39, 0.29) is 32.0 Å². The van der Waals surface area contributed by atoms with Crippen LogP contribution in [0.5, 0.6) is 0 Å². The van der Waals surface area contributed by atoms with E-state index in [4.69, 9.17) is 4.43 Å². The maximum absolute atomic E-state index is 6.63. The second-order valence-electron chi connectivity index (χ2n) is 9.31. The van der Waals surface area contributed by atoms with Gasteiger partial charge in [-0.25, -0.2) is 0 Å². The minimum atomic E-state index is -1.67. The summed E-state index contributed by atoms with van der Waals surface area (Å²) in [5.74, 6) is 0. The summed E-state index contributed by atoms with van der Waals surface area (Å²) in [5.41, 5.74) is 4.08. The lowest BCUT2D eigenvalue weighted by Gasteiger charge is -2.38. The second-order valence-corrected chi connectivity index (χ2v) is 14.1. The number of nitrogens with zero attached hydrogens (tertiary/aromatic N) is 1. The van der Waals surface area contributed by atoms with Crippen molar-refractivity contribution in [2.45, 2.75) is 71.3 Å². The molecule has 3 nitrogen and oxygen atoms in total. The topological polar surface area (TPSA) is 24.5 Å². The smallest absolute Gasteiger partial charge is 0.192 e. The molecule has 1 aromatic rings. The molecular weight excluding hydrogens is 388 g/mol. The predicted molar refractivity (Wildman–Crippen MR) is 132 cm³/mol. The van der Waals surface area contributed by atoms with Crippen molar-refractivity contribution in [3.63, 3.8) is 0 Å². The molecule has 27 heavy (non-hydrogen) atoms. The Morgan fingerprint density at radius 3 is 2.19 bits per heavy atom. The monoisotopic (exact) mass is 430 g/mol. The first-order chi connectivity index (χ1) is 11.5. The van der Waals surface area contributed by atoms with Gasteiger partial charge in [0.2, 0.25) is 0 Å². The highest BCUT2D eigenvalue weighted by molar-refractivity contribution is 7.59.